The Morgan fingerprint density at radius 2 is 1.59 bits per heavy atom. The zero-order valence-corrected chi connectivity index (χ0v) is 15.5. The van der Waals surface area contributed by atoms with Crippen molar-refractivity contribution in [1.82, 2.24) is 5.32 Å². The van der Waals surface area contributed by atoms with E-state index in [9.17, 15) is 4.79 Å². The SMILES string of the molecule is COc1ccc([C@@H](NC(=O)COc2cccc(C)c2)c2ccccc2)cc1. The Bertz CT molecular complexity index is 876. The van der Waals surface area contributed by atoms with Gasteiger partial charge in [0.1, 0.15) is 11.5 Å². The summed E-state index contributed by atoms with van der Waals surface area (Å²) in [5.74, 6) is 1.28. The molecule has 4 heteroatoms. The van der Waals surface area contributed by atoms with Crippen LogP contribution in [0.25, 0.3) is 0 Å². The van der Waals surface area contributed by atoms with Gasteiger partial charge in [-0.2, -0.15) is 0 Å². The molecule has 27 heavy (non-hydrogen) atoms. The number of carbonyl (C=O) groups is 1. The molecule has 3 aromatic carbocycles. The molecule has 3 rings (SSSR count). The number of rotatable bonds is 7. The van der Waals surface area contributed by atoms with Gasteiger partial charge in [0, 0.05) is 0 Å². The van der Waals surface area contributed by atoms with Gasteiger partial charge in [-0.25, -0.2) is 0 Å². The molecule has 0 aliphatic rings. The van der Waals surface area contributed by atoms with Crippen LogP contribution in [0.1, 0.15) is 22.7 Å². The van der Waals surface area contributed by atoms with E-state index in [4.69, 9.17) is 9.47 Å². The van der Waals surface area contributed by atoms with E-state index in [0.29, 0.717) is 5.75 Å². The molecule has 1 atom stereocenters. The molecule has 0 fully saturated rings. The van der Waals surface area contributed by atoms with E-state index < -0.39 is 0 Å². The summed E-state index contributed by atoms with van der Waals surface area (Å²) in [5, 5.41) is 3.07. The molecule has 0 saturated carbocycles. The number of nitrogens with one attached hydrogen (secondary N) is 1. The Morgan fingerprint density at radius 1 is 0.889 bits per heavy atom. The lowest BCUT2D eigenvalue weighted by atomic mass is 9.98. The van der Waals surface area contributed by atoms with Gasteiger partial charge in [0.05, 0.1) is 13.2 Å². The van der Waals surface area contributed by atoms with Crippen molar-refractivity contribution in [2.24, 2.45) is 0 Å². The fourth-order valence-electron chi connectivity index (χ4n) is 2.86. The summed E-state index contributed by atoms with van der Waals surface area (Å²) in [5.41, 5.74) is 3.07. The topological polar surface area (TPSA) is 47.6 Å². The van der Waals surface area contributed by atoms with E-state index in [1.54, 1.807) is 7.11 Å². The van der Waals surface area contributed by atoms with Crippen LogP contribution in [0.15, 0.2) is 78.9 Å². The van der Waals surface area contributed by atoms with Crippen molar-refractivity contribution in [2.45, 2.75) is 13.0 Å². The van der Waals surface area contributed by atoms with Crippen molar-refractivity contribution >= 4 is 5.91 Å². The number of ether oxygens (including phenoxy) is 2. The lowest BCUT2D eigenvalue weighted by Gasteiger charge is -2.20. The van der Waals surface area contributed by atoms with Gasteiger partial charge in [-0.15, -0.1) is 0 Å². The Kier molecular flexibility index (Phi) is 6.10. The van der Waals surface area contributed by atoms with E-state index >= 15 is 0 Å². The zero-order valence-electron chi connectivity index (χ0n) is 15.5. The first-order valence-corrected chi connectivity index (χ1v) is 8.83. The summed E-state index contributed by atoms with van der Waals surface area (Å²) in [6, 6.07) is 25.0. The van der Waals surface area contributed by atoms with Gasteiger partial charge < -0.3 is 14.8 Å². The fourth-order valence-corrected chi connectivity index (χ4v) is 2.86. The monoisotopic (exact) mass is 361 g/mol. The van der Waals surface area contributed by atoms with Gasteiger partial charge in [0.15, 0.2) is 6.61 Å². The minimum Gasteiger partial charge on any atom is -0.497 e. The van der Waals surface area contributed by atoms with E-state index in [1.807, 2.05) is 85.8 Å². The highest BCUT2D eigenvalue weighted by Crippen LogP contribution is 2.24. The summed E-state index contributed by atoms with van der Waals surface area (Å²) in [7, 11) is 1.63. The van der Waals surface area contributed by atoms with E-state index in [2.05, 4.69) is 5.32 Å². The molecule has 1 N–H and O–H groups in total. The quantitative estimate of drug-likeness (QED) is 0.683. The molecule has 0 aliphatic carbocycles. The standard InChI is InChI=1S/C23H23NO3/c1-17-7-6-10-21(15-17)27-16-22(25)24-23(18-8-4-3-5-9-18)19-11-13-20(26-2)14-12-19/h3-15,23H,16H2,1-2H3,(H,24,25)/t23-/m0/s1. The molecule has 3 aromatic rings. The molecule has 0 bridgehead atoms. The lowest BCUT2D eigenvalue weighted by molar-refractivity contribution is -0.123. The fraction of sp³-hybridized carbons (Fsp3) is 0.174. The third-order valence-electron chi connectivity index (χ3n) is 4.25. The molecule has 0 spiro atoms. The molecule has 0 aliphatic heterocycles. The Balaban J connectivity index is 1.73. The van der Waals surface area contributed by atoms with Crippen LogP contribution in [0, 0.1) is 6.92 Å². The maximum Gasteiger partial charge on any atom is 0.258 e. The van der Waals surface area contributed by atoms with E-state index in [1.165, 1.54) is 0 Å². The minimum absolute atomic E-state index is 0.0387. The first-order valence-electron chi connectivity index (χ1n) is 8.83. The highest BCUT2D eigenvalue weighted by atomic mass is 16.5. The Morgan fingerprint density at radius 3 is 2.26 bits per heavy atom. The van der Waals surface area contributed by atoms with E-state index in [0.717, 1.165) is 22.4 Å². The summed E-state index contributed by atoms with van der Waals surface area (Å²) < 4.78 is 10.9. The van der Waals surface area contributed by atoms with Gasteiger partial charge in [0.2, 0.25) is 0 Å². The van der Waals surface area contributed by atoms with Gasteiger partial charge in [-0.3, -0.25) is 4.79 Å². The molecule has 138 valence electrons. The summed E-state index contributed by atoms with van der Waals surface area (Å²) >= 11 is 0. The summed E-state index contributed by atoms with van der Waals surface area (Å²) in [4.78, 5) is 12.5. The average molecular weight is 361 g/mol. The second kappa shape index (κ2) is 8.90. The van der Waals surface area contributed by atoms with Gasteiger partial charge in [-0.05, 0) is 47.9 Å². The molecule has 0 unspecified atom stereocenters. The first kappa shape index (κ1) is 18.5. The van der Waals surface area contributed by atoms with Crippen LogP contribution in [-0.4, -0.2) is 19.6 Å². The average Bonchev–Trinajstić information content (AvgIpc) is 2.71. The van der Waals surface area contributed by atoms with Crippen molar-refractivity contribution < 1.29 is 14.3 Å². The lowest BCUT2D eigenvalue weighted by Crippen LogP contribution is -2.33. The van der Waals surface area contributed by atoms with Crippen LogP contribution in [-0.2, 0) is 4.79 Å². The van der Waals surface area contributed by atoms with Gasteiger partial charge in [-0.1, -0.05) is 54.6 Å². The third-order valence-corrected chi connectivity index (χ3v) is 4.25. The number of amides is 1. The number of aryl methyl sites for hydroxylation is 1. The van der Waals surface area contributed by atoms with Crippen LogP contribution in [0.2, 0.25) is 0 Å². The number of hydrogen-bond donors (Lipinski definition) is 1. The molecular weight excluding hydrogens is 338 g/mol. The summed E-state index contributed by atoms with van der Waals surface area (Å²) in [6.07, 6.45) is 0. The van der Waals surface area contributed by atoms with Crippen molar-refractivity contribution in [2.75, 3.05) is 13.7 Å². The second-order valence-corrected chi connectivity index (χ2v) is 6.29. The number of hydrogen-bond acceptors (Lipinski definition) is 3. The highest BCUT2D eigenvalue weighted by Gasteiger charge is 2.17. The predicted molar refractivity (Wildman–Crippen MR) is 106 cm³/mol. The van der Waals surface area contributed by atoms with Crippen LogP contribution in [0.4, 0.5) is 0 Å². The molecular formula is C23H23NO3. The van der Waals surface area contributed by atoms with Crippen LogP contribution in [0.3, 0.4) is 0 Å². The smallest absolute Gasteiger partial charge is 0.258 e. The molecule has 4 nitrogen and oxygen atoms in total. The van der Waals surface area contributed by atoms with Gasteiger partial charge in [0.25, 0.3) is 5.91 Å². The van der Waals surface area contributed by atoms with Crippen LogP contribution in [0.5, 0.6) is 11.5 Å². The maximum absolute atomic E-state index is 12.5. The second-order valence-electron chi connectivity index (χ2n) is 6.29. The Hall–Kier alpha value is -3.27. The molecule has 0 saturated heterocycles. The molecule has 0 heterocycles. The minimum atomic E-state index is -0.259. The number of benzene rings is 3. The highest BCUT2D eigenvalue weighted by molar-refractivity contribution is 5.78. The summed E-state index contributed by atoms with van der Waals surface area (Å²) in [6.45, 7) is 1.95. The zero-order chi connectivity index (χ0) is 19.1. The Labute approximate surface area is 159 Å². The largest absolute Gasteiger partial charge is 0.497 e. The van der Waals surface area contributed by atoms with Crippen molar-refractivity contribution in [3.8, 4) is 11.5 Å². The molecule has 0 aromatic heterocycles. The molecule has 1 amide bonds. The third kappa shape index (κ3) is 5.11. The maximum atomic E-state index is 12.5. The number of methoxy groups -OCH3 is 1. The predicted octanol–water partition coefficient (Wildman–Crippen LogP) is 4.29. The molecule has 0 radical (unpaired) electrons. The van der Waals surface area contributed by atoms with Crippen molar-refractivity contribution in [1.29, 1.82) is 0 Å². The van der Waals surface area contributed by atoms with Gasteiger partial charge >= 0.3 is 0 Å². The first-order chi connectivity index (χ1) is 13.2. The van der Waals surface area contributed by atoms with Crippen molar-refractivity contribution in [3.63, 3.8) is 0 Å². The van der Waals surface area contributed by atoms with Crippen LogP contribution < -0.4 is 14.8 Å². The number of carbonyl (C=O) groups excluding carboxylic acids is 1. The van der Waals surface area contributed by atoms with E-state index in [-0.39, 0.29) is 18.6 Å². The normalized spacial score (nSPS) is 11.5. The van der Waals surface area contributed by atoms with Crippen LogP contribution >= 0.6 is 0 Å². The van der Waals surface area contributed by atoms with Crippen molar-refractivity contribution in [3.05, 3.63) is 95.6 Å².